The lowest BCUT2D eigenvalue weighted by molar-refractivity contribution is 0.0695. The van der Waals surface area contributed by atoms with Crippen LogP contribution in [0.15, 0.2) is 54.9 Å². The summed E-state index contributed by atoms with van der Waals surface area (Å²) < 4.78 is 14.1. The number of para-hydroxylation sites is 2. The minimum Gasteiger partial charge on any atom is -0.491 e. The molecule has 0 aliphatic carbocycles. The molecular weight excluding hydrogens is 512 g/mol. The topological polar surface area (TPSA) is 80.1 Å². The molecule has 0 spiro atoms. The fourth-order valence-electron chi connectivity index (χ4n) is 4.42. The first-order valence-corrected chi connectivity index (χ1v) is 13.4. The van der Waals surface area contributed by atoms with E-state index < -0.39 is 12.1 Å². The minimum atomic E-state index is -1.05. The molecule has 1 aliphatic rings. The number of carbonyl (C=O) groups is 1. The third-order valence-electron chi connectivity index (χ3n) is 6.57. The molecule has 2 aromatic carbocycles. The zero-order valence-corrected chi connectivity index (χ0v) is 22.3. The van der Waals surface area contributed by atoms with E-state index in [0.717, 1.165) is 60.7 Å². The Morgan fingerprint density at radius 2 is 1.92 bits per heavy atom. The van der Waals surface area contributed by atoms with E-state index in [4.69, 9.17) is 21.1 Å². The van der Waals surface area contributed by atoms with Crippen molar-refractivity contribution >= 4 is 39.9 Å². The number of fused-ring (bicyclic) bond motifs is 1. The van der Waals surface area contributed by atoms with Gasteiger partial charge in [-0.1, -0.05) is 35.9 Å². The van der Waals surface area contributed by atoms with E-state index in [1.54, 1.807) is 12.4 Å². The van der Waals surface area contributed by atoms with Crippen molar-refractivity contribution in [2.24, 2.45) is 0 Å². The number of aromatic nitrogens is 2. The maximum Gasteiger partial charge on any atom is 0.349 e. The van der Waals surface area contributed by atoms with Crippen molar-refractivity contribution in [3.63, 3.8) is 0 Å². The average Bonchev–Trinajstić information content (AvgIpc) is 3.50. The number of hydrogen-bond donors (Lipinski definition) is 1. The number of piperazine rings is 1. The molecule has 0 saturated carbocycles. The Morgan fingerprint density at radius 1 is 1.14 bits per heavy atom. The van der Waals surface area contributed by atoms with Crippen LogP contribution in [0, 0.1) is 0 Å². The van der Waals surface area contributed by atoms with Gasteiger partial charge in [0.15, 0.2) is 4.88 Å². The lowest BCUT2D eigenvalue weighted by atomic mass is 10.1. The standard InChI is InChI=1S/C27H29ClN4O4S/c1-18(19-6-5-9-22(25(19)28)35-15-14-31-12-10-30(2)11-13-31)36-23-16-24(37-26(23)27(33)34)32-17-29-20-7-3-4-8-21(20)32/h3-9,16-18H,10-15H2,1-2H3,(H,33,34)/t18-/m1/s1. The van der Waals surface area contributed by atoms with Crippen molar-refractivity contribution in [2.75, 3.05) is 46.4 Å². The average molecular weight is 541 g/mol. The summed E-state index contributed by atoms with van der Waals surface area (Å²) in [6.45, 7) is 7.41. The molecule has 0 radical (unpaired) electrons. The third kappa shape index (κ3) is 5.60. The maximum absolute atomic E-state index is 12.0. The number of hydrogen-bond acceptors (Lipinski definition) is 7. The van der Waals surface area contributed by atoms with Gasteiger partial charge in [-0.25, -0.2) is 9.78 Å². The first kappa shape index (κ1) is 25.5. The van der Waals surface area contributed by atoms with E-state index in [1.807, 2.05) is 54.0 Å². The van der Waals surface area contributed by atoms with E-state index in [0.29, 0.717) is 22.4 Å². The highest BCUT2D eigenvalue weighted by Gasteiger charge is 2.23. The van der Waals surface area contributed by atoms with Gasteiger partial charge in [-0.05, 0) is 32.2 Å². The van der Waals surface area contributed by atoms with Gasteiger partial charge >= 0.3 is 5.97 Å². The molecule has 3 heterocycles. The van der Waals surface area contributed by atoms with E-state index in [2.05, 4.69) is 21.8 Å². The molecule has 1 atom stereocenters. The van der Waals surface area contributed by atoms with Gasteiger partial charge in [0.2, 0.25) is 0 Å². The van der Waals surface area contributed by atoms with E-state index in [-0.39, 0.29) is 10.6 Å². The summed E-state index contributed by atoms with van der Waals surface area (Å²) in [5.74, 6) is -0.164. The predicted octanol–water partition coefficient (Wildman–Crippen LogP) is 5.20. The molecule has 10 heteroatoms. The minimum absolute atomic E-state index is 0.121. The predicted molar refractivity (Wildman–Crippen MR) is 146 cm³/mol. The molecule has 0 bridgehead atoms. The Labute approximate surface area is 224 Å². The molecule has 5 rings (SSSR count). The van der Waals surface area contributed by atoms with Crippen LogP contribution in [0.4, 0.5) is 0 Å². The number of nitrogens with zero attached hydrogens (tertiary/aromatic N) is 4. The molecule has 0 unspecified atom stereocenters. The molecule has 1 N–H and O–H groups in total. The molecule has 1 aliphatic heterocycles. The number of ether oxygens (including phenoxy) is 2. The van der Waals surface area contributed by atoms with Crippen molar-refractivity contribution in [2.45, 2.75) is 13.0 Å². The quantitative estimate of drug-likeness (QED) is 0.312. The third-order valence-corrected chi connectivity index (χ3v) is 8.07. The second kappa shape index (κ2) is 11.1. The van der Waals surface area contributed by atoms with Gasteiger partial charge in [-0.3, -0.25) is 9.47 Å². The molecule has 194 valence electrons. The normalized spacial score (nSPS) is 15.6. The van der Waals surface area contributed by atoms with Gasteiger partial charge in [0, 0.05) is 44.4 Å². The summed E-state index contributed by atoms with van der Waals surface area (Å²) in [4.78, 5) is 21.3. The highest BCUT2D eigenvalue weighted by atomic mass is 35.5. The first-order chi connectivity index (χ1) is 17.9. The van der Waals surface area contributed by atoms with Crippen LogP contribution in [-0.4, -0.2) is 76.8 Å². The number of rotatable bonds is 9. The number of likely N-dealkylation sites (N-methyl/N-ethyl adjacent to an activating group) is 1. The largest absolute Gasteiger partial charge is 0.491 e. The Bertz CT molecular complexity index is 1400. The second-order valence-electron chi connectivity index (χ2n) is 9.10. The van der Waals surface area contributed by atoms with Crippen molar-refractivity contribution in [3.05, 3.63) is 70.3 Å². The first-order valence-electron chi connectivity index (χ1n) is 12.2. The molecule has 0 amide bonds. The van der Waals surface area contributed by atoms with Crippen molar-refractivity contribution in [1.82, 2.24) is 19.4 Å². The fraction of sp³-hybridized carbons (Fsp3) is 0.333. The van der Waals surface area contributed by atoms with E-state index in [1.165, 1.54) is 0 Å². The summed E-state index contributed by atoms with van der Waals surface area (Å²) >= 11 is 7.86. The van der Waals surface area contributed by atoms with Crippen molar-refractivity contribution in [1.29, 1.82) is 0 Å². The number of carboxylic acids is 1. The highest BCUT2D eigenvalue weighted by Crippen LogP contribution is 2.39. The van der Waals surface area contributed by atoms with Crippen LogP contribution in [-0.2, 0) is 0 Å². The van der Waals surface area contributed by atoms with E-state index in [9.17, 15) is 9.90 Å². The van der Waals surface area contributed by atoms with Gasteiger partial charge in [0.05, 0.1) is 16.1 Å². The lowest BCUT2D eigenvalue weighted by Gasteiger charge is -2.32. The Kier molecular flexibility index (Phi) is 7.66. The fourth-order valence-corrected chi connectivity index (χ4v) is 5.66. The number of imidazole rings is 1. The SMILES string of the molecule is C[C@@H](Oc1cc(-n2cnc3ccccc32)sc1C(=O)O)c1cccc(OCCN2CCN(C)CC2)c1Cl. The molecule has 1 fully saturated rings. The zero-order chi connectivity index (χ0) is 25.9. The number of halogens is 1. The van der Waals surface area contributed by atoms with Gasteiger partial charge in [0.25, 0.3) is 0 Å². The van der Waals surface area contributed by atoms with Crippen LogP contribution in [0.1, 0.15) is 28.3 Å². The highest BCUT2D eigenvalue weighted by molar-refractivity contribution is 7.16. The summed E-state index contributed by atoms with van der Waals surface area (Å²) in [5.41, 5.74) is 2.46. The monoisotopic (exact) mass is 540 g/mol. The van der Waals surface area contributed by atoms with Gasteiger partial charge in [-0.2, -0.15) is 0 Å². The Morgan fingerprint density at radius 3 is 2.70 bits per heavy atom. The molecule has 8 nitrogen and oxygen atoms in total. The summed E-state index contributed by atoms with van der Waals surface area (Å²) in [5, 5.41) is 11.0. The summed E-state index contributed by atoms with van der Waals surface area (Å²) in [6.07, 6.45) is 1.20. The lowest BCUT2D eigenvalue weighted by Crippen LogP contribution is -2.45. The zero-order valence-electron chi connectivity index (χ0n) is 20.8. The van der Waals surface area contributed by atoms with Crippen LogP contribution < -0.4 is 9.47 Å². The van der Waals surface area contributed by atoms with Gasteiger partial charge in [0.1, 0.15) is 35.5 Å². The number of thiophene rings is 1. The summed E-state index contributed by atoms with van der Waals surface area (Å²) in [7, 11) is 2.14. The van der Waals surface area contributed by atoms with Crippen LogP contribution in [0.2, 0.25) is 5.02 Å². The Hall–Kier alpha value is -3.11. The van der Waals surface area contributed by atoms with Gasteiger partial charge in [-0.15, -0.1) is 11.3 Å². The number of benzene rings is 2. The molecular formula is C27H29ClN4O4S. The molecule has 1 saturated heterocycles. The summed E-state index contributed by atoms with van der Waals surface area (Å²) in [6, 6.07) is 15.0. The Balaban J connectivity index is 1.31. The van der Waals surface area contributed by atoms with Gasteiger partial charge < -0.3 is 19.5 Å². The smallest absolute Gasteiger partial charge is 0.349 e. The van der Waals surface area contributed by atoms with Crippen LogP contribution in [0.25, 0.3) is 16.0 Å². The maximum atomic E-state index is 12.0. The molecule has 4 aromatic rings. The second-order valence-corrected chi connectivity index (χ2v) is 10.5. The number of aromatic carboxylic acids is 1. The van der Waals surface area contributed by atoms with Crippen LogP contribution in [0.5, 0.6) is 11.5 Å². The van der Waals surface area contributed by atoms with E-state index >= 15 is 0 Å². The number of carboxylic acid groups (broad SMARTS) is 1. The van der Waals surface area contributed by atoms with Crippen LogP contribution >= 0.6 is 22.9 Å². The van der Waals surface area contributed by atoms with Crippen molar-refractivity contribution < 1.29 is 19.4 Å². The van der Waals surface area contributed by atoms with Crippen molar-refractivity contribution in [3.8, 4) is 16.5 Å². The van der Waals surface area contributed by atoms with Crippen LogP contribution in [0.3, 0.4) is 0 Å². The molecule has 37 heavy (non-hydrogen) atoms. The molecule has 2 aromatic heterocycles.